The normalized spacial score (nSPS) is 12.1. The molecule has 28 heavy (non-hydrogen) atoms. The average Bonchev–Trinajstić information content (AvgIpc) is 2.64. The highest BCUT2D eigenvalue weighted by molar-refractivity contribution is 5.73. The van der Waals surface area contributed by atoms with Crippen molar-refractivity contribution in [1.82, 2.24) is 0 Å². The van der Waals surface area contributed by atoms with Crippen molar-refractivity contribution >= 4 is 5.97 Å². The predicted molar refractivity (Wildman–Crippen MR) is 115 cm³/mol. The fourth-order valence-corrected chi connectivity index (χ4v) is 3.51. The monoisotopic (exact) mass is 392 g/mol. The number of hydrogen-bond acceptors (Lipinski definition) is 4. The Morgan fingerprint density at radius 2 is 1.39 bits per heavy atom. The quantitative estimate of drug-likeness (QED) is 0.248. The number of unbranched alkanes of at least 4 members (excludes halogenated alkanes) is 9. The summed E-state index contributed by atoms with van der Waals surface area (Å²) in [7, 11) is 0. The SMILES string of the molecule is CCCCCCCCCCCCC(CC)COC(=O)Cc1cc(O)cc(O)c1. The molecular formula is C24H40O4. The van der Waals surface area contributed by atoms with Crippen molar-refractivity contribution in [3.05, 3.63) is 23.8 Å². The average molecular weight is 393 g/mol. The Labute approximate surface area is 171 Å². The minimum Gasteiger partial charge on any atom is -0.508 e. The van der Waals surface area contributed by atoms with E-state index in [0.717, 1.165) is 12.8 Å². The molecule has 0 saturated carbocycles. The van der Waals surface area contributed by atoms with Crippen LogP contribution in [0.1, 0.15) is 96.5 Å². The maximum absolute atomic E-state index is 12.0. The van der Waals surface area contributed by atoms with Gasteiger partial charge in [-0.05, 0) is 30.0 Å². The molecule has 1 atom stereocenters. The molecule has 0 aromatic heterocycles. The lowest BCUT2D eigenvalue weighted by Crippen LogP contribution is -2.15. The van der Waals surface area contributed by atoms with Gasteiger partial charge < -0.3 is 14.9 Å². The molecule has 1 aromatic rings. The molecule has 0 bridgehead atoms. The van der Waals surface area contributed by atoms with Gasteiger partial charge in [0.1, 0.15) is 11.5 Å². The van der Waals surface area contributed by atoms with Gasteiger partial charge in [-0.25, -0.2) is 0 Å². The predicted octanol–water partition coefficient (Wildman–Crippen LogP) is 6.52. The van der Waals surface area contributed by atoms with E-state index in [1.165, 1.54) is 82.4 Å². The Balaban J connectivity index is 2.10. The van der Waals surface area contributed by atoms with Crippen LogP contribution in [0.25, 0.3) is 0 Å². The summed E-state index contributed by atoms with van der Waals surface area (Å²) in [4.78, 5) is 12.0. The van der Waals surface area contributed by atoms with Crippen LogP contribution < -0.4 is 0 Å². The Hall–Kier alpha value is -1.71. The third-order valence-corrected chi connectivity index (χ3v) is 5.33. The second kappa shape index (κ2) is 15.2. The summed E-state index contributed by atoms with van der Waals surface area (Å²) in [5, 5.41) is 18.9. The van der Waals surface area contributed by atoms with Gasteiger partial charge in [-0.2, -0.15) is 0 Å². The van der Waals surface area contributed by atoms with Crippen LogP contribution in [0.3, 0.4) is 0 Å². The molecule has 160 valence electrons. The third-order valence-electron chi connectivity index (χ3n) is 5.33. The van der Waals surface area contributed by atoms with E-state index < -0.39 is 0 Å². The molecule has 4 heteroatoms. The van der Waals surface area contributed by atoms with E-state index in [4.69, 9.17) is 4.74 Å². The Bertz CT molecular complexity index is 521. The lowest BCUT2D eigenvalue weighted by atomic mass is 9.98. The Kier molecular flexibility index (Phi) is 13.2. The van der Waals surface area contributed by atoms with Crippen LogP contribution in [-0.2, 0) is 16.0 Å². The number of phenolic OH excluding ortho intramolecular Hbond substituents is 2. The van der Waals surface area contributed by atoms with Crippen LogP contribution in [-0.4, -0.2) is 22.8 Å². The molecule has 0 heterocycles. The number of ether oxygens (including phenoxy) is 1. The van der Waals surface area contributed by atoms with Crippen molar-refractivity contribution in [2.75, 3.05) is 6.61 Å². The second-order valence-electron chi connectivity index (χ2n) is 7.96. The summed E-state index contributed by atoms with van der Waals surface area (Å²) < 4.78 is 5.42. The first-order valence-electron chi connectivity index (χ1n) is 11.2. The number of benzene rings is 1. The van der Waals surface area contributed by atoms with E-state index in [9.17, 15) is 15.0 Å². The molecule has 0 fully saturated rings. The molecule has 0 aliphatic carbocycles. The fourth-order valence-electron chi connectivity index (χ4n) is 3.51. The molecule has 0 radical (unpaired) electrons. The first-order valence-corrected chi connectivity index (χ1v) is 11.2. The zero-order chi connectivity index (χ0) is 20.6. The van der Waals surface area contributed by atoms with Crippen molar-refractivity contribution < 1.29 is 19.7 Å². The highest BCUT2D eigenvalue weighted by Gasteiger charge is 2.12. The number of aromatic hydroxyl groups is 2. The molecule has 1 unspecified atom stereocenters. The highest BCUT2D eigenvalue weighted by Crippen LogP contribution is 2.21. The zero-order valence-corrected chi connectivity index (χ0v) is 17.9. The van der Waals surface area contributed by atoms with Crippen molar-refractivity contribution in [2.24, 2.45) is 5.92 Å². The van der Waals surface area contributed by atoms with Gasteiger partial charge >= 0.3 is 5.97 Å². The molecule has 0 amide bonds. The van der Waals surface area contributed by atoms with E-state index in [-0.39, 0.29) is 23.9 Å². The van der Waals surface area contributed by atoms with Crippen LogP contribution in [0.5, 0.6) is 11.5 Å². The van der Waals surface area contributed by atoms with Crippen LogP contribution in [0.2, 0.25) is 0 Å². The van der Waals surface area contributed by atoms with E-state index >= 15 is 0 Å². The highest BCUT2D eigenvalue weighted by atomic mass is 16.5. The summed E-state index contributed by atoms with van der Waals surface area (Å²) >= 11 is 0. The summed E-state index contributed by atoms with van der Waals surface area (Å²) in [5.41, 5.74) is 0.560. The molecular weight excluding hydrogens is 352 g/mol. The number of esters is 1. The van der Waals surface area contributed by atoms with Crippen LogP contribution >= 0.6 is 0 Å². The fraction of sp³-hybridized carbons (Fsp3) is 0.708. The maximum atomic E-state index is 12.0. The van der Waals surface area contributed by atoms with Gasteiger partial charge in [0.05, 0.1) is 13.0 Å². The third kappa shape index (κ3) is 11.9. The second-order valence-corrected chi connectivity index (χ2v) is 7.96. The summed E-state index contributed by atoms with van der Waals surface area (Å²) in [5.74, 6) is 0.00693. The van der Waals surface area contributed by atoms with E-state index in [1.807, 2.05) is 0 Å². The molecule has 0 aliphatic heterocycles. The molecule has 4 nitrogen and oxygen atoms in total. The lowest BCUT2D eigenvalue weighted by molar-refractivity contribution is -0.144. The molecule has 0 aliphatic rings. The maximum Gasteiger partial charge on any atom is 0.310 e. The first kappa shape index (κ1) is 24.3. The van der Waals surface area contributed by atoms with Crippen molar-refractivity contribution in [3.8, 4) is 11.5 Å². The van der Waals surface area contributed by atoms with Gasteiger partial charge in [0.15, 0.2) is 0 Å². The van der Waals surface area contributed by atoms with Gasteiger partial charge in [-0.1, -0.05) is 84.5 Å². The van der Waals surface area contributed by atoms with Crippen LogP contribution in [0.15, 0.2) is 18.2 Å². The van der Waals surface area contributed by atoms with Crippen LogP contribution in [0, 0.1) is 5.92 Å². The molecule has 2 N–H and O–H groups in total. The van der Waals surface area contributed by atoms with E-state index in [1.54, 1.807) is 0 Å². The van der Waals surface area contributed by atoms with E-state index in [0.29, 0.717) is 18.1 Å². The molecule has 1 rings (SSSR count). The van der Waals surface area contributed by atoms with Crippen molar-refractivity contribution in [2.45, 2.75) is 97.3 Å². The number of phenols is 2. The van der Waals surface area contributed by atoms with Crippen molar-refractivity contribution in [1.29, 1.82) is 0 Å². The number of hydrogen-bond donors (Lipinski definition) is 2. The molecule has 0 saturated heterocycles. The molecule has 1 aromatic carbocycles. The van der Waals surface area contributed by atoms with E-state index in [2.05, 4.69) is 13.8 Å². The minimum absolute atomic E-state index is 0.0461. The Morgan fingerprint density at radius 3 is 1.93 bits per heavy atom. The van der Waals surface area contributed by atoms with Crippen molar-refractivity contribution in [3.63, 3.8) is 0 Å². The summed E-state index contributed by atoms with van der Waals surface area (Å²) in [6.45, 7) is 4.85. The number of rotatable bonds is 16. The van der Waals surface area contributed by atoms with Crippen LogP contribution in [0.4, 0.5) is 0 Å². The molecule has 0 spiro atoms. The van der Waals surface area contributed by atoms with Gasteiger partial charge in [0.2, 0.25) is 0 Å². The Morgan fingerprint density at radius 1 is 0.857 bits per heavy atom. The summed E-state index contributed by atoms with van der Waals surface area (Å²) in [6, 6.07) is 4.19. The van der Waals surface area contributed by atoms with Gasteiger partial charge in [-0.3, -0.25) is 4.79 Å². The van der Waals surface area contributed by atoms with Gasteiger partial charge in [0, 0.05) is 6.07 Å². The lowest BCUT2D eigenvalue weighted by Gasteiger charge is -2.15. The number of carbonyl (C=O) groups excluding carboxylic acids is 1. The van der Waals surface area contributed by atoms with Gasteiger partial charge in [0.25, 0.3) is 0 Å². The smallest absolute Gasteiger partial charge is 0.310 e. The van der Waals surface area contributed by atoms with Gasteiger partial charge in [-0.15, -0.1) is 0 Å². The number of carbonyl (C=O) groups is 1. The topological polar surface area (TPSA) is 66.8 Å². The summed E-state index contributed by atoms with van der Waals surface area (Å²) in [6.07, 6.45) is 15.5. The standard InChI is InChI=1S/C24H40O4/c1-3-5-6-7-8-9-10-11-12-13-14-20(4-2)19-28-24(27)17-21-15-22(25)18-23(26)16-21/h15-16,18,20,25-26H,3-14,17,19H2,1-2H3. The largest absolute Gasteiger partial charge is 0.508 e. The first-order chi connectivity index (χ1) is 13.5. The minimum atomic E-state index is -0.313. The zero-order valence-electron chi connectivity index (χ0n) is 17.9.